The third-order valence-corrected chi connectivity index (χ3v) is 11.7. The summed E-state index contributed by atoms with van der Waals surface area (Å²) in [6, 6.07) is 62.8. The molecule has 3 nitrogen and oxygen atoms in total. The Morgan fingerprint density at radius 1 is 0.321 bits per heavy atom. The summed E-state index contributed by atoms with van der Waals surface area (Å²) in [5.41, 5.74) is 5.37. The minimum atomic E-state index is 0.655. The topological polar surface area (TPSA) is 38.7 Å². The molecule has 2 aromatic heterocycles. The Labute approximate surface area is 309 Å². The van der Waals surface area contributed by atoms with Gasteiger partial charge in [0.15, 0.2) is 17.5 Å². The van der Waals surface area contributed by atoms with Crippen molar-refractivity contribution in [3.8, 4) is 45.3 Å². The van der Waals surface area contributed by atoms with Gasteiger partial charge < -0.3 is 0 Å². The standard InChI is InChI=1S/C49H29N3S/c1-2-14-31(15-3-1)47-50-48(52-49(51-47)41-22-12-24-44-46(41)40-21-10-11-23-43(40)53-44)39-28-27-37(35-19-8-9-20-36(35)39)45-34-18-7-5-16-32(34)29-42-33-17-6-4-13-30(33)25-26-38(42)45/h1-29H. The predicted octanol–water partition coefficient (Wildman–Crippen LogP) is 13.5. The van der Waals surface area contributed by atoms with Crippen molar-refractivity contribution in [3.05, 3.63) is 176 Å². The number of hydrogen-bond donors (Lipinski definition) is 0. The molecule has 0 N–H and O–H groups in total. The van der Waals surface area contributed by atoms with E-state index in [-0.39, 0.29) is 0 Å². The summed E-state index contributed by atoms with van der Waals surface area (Å²) >= 11 is 1.80. The first kappa shape index (κ1) is 29.9. The van der Waals surface area contributed by atoms with Crippen LogP contribution in [-0.4, -0.2) is 15.0 Å². The normalized spacial score (nSPS) is 11.8. The molecule has 0 aliphatic rings. The smallest absolute Gasteiger partial charge is 0.164 e. The van der Waals surface area contributed by atoms with Crippen molar-refractivity contribution >= 4 is 74.6 Å². The van der Waals surface area contributed by atoms with E-state index in [1.165, 1.54) is 63.6 Å². The first-order valence-electron chi connectivity index (χ1n) is 17.9. The number of fused-ring (bicyclic) bond motifs is 8. The first-order valence-corrected chi connectivity index (χ1v) is 18.7. The number of nitrogens with zero attached hydrogens (tertiary/aromatic N) is 3. The van der Waals surface area contributed by atoms with Gasteiger partial charge >= 0.3 is 0 Å². The quantitative estimate of drug-likeness (QED) is 0.136. The molecule has 0 atom stereocenters. The summed E-state index contributed by atoms with van der Waals surface area (Å²) in [5.74, 6) is 1.98. The average molecular weight is 692 g/mol. The van der Waals surface area contributed by atoms with Crippen LogP contribution in [0, 0.1) is 0 Å². The second-order valence-electron chi connectivity index (χ2n) is 13.5. The van der Waals surface area contributed by atoms with Crippen LogP contribution >= 0.6 is 11.3 Å². The molecule has 0 saturated heterocycles. The van der Waals surface area contributed by atoms with Crippen LogP contribution in [-0.2, 0) is 0 Å². The Balaban J connectivity index is 1.19. The monoisotopic (exact) mass is 691 g/mol. The summed E-state index contributed by atoms with van der Waals surface area (Å²) in [6.45, 7) is 0. The van der Waals surface area contributed by atoms with Crippen LogP contribution in [0.3, 0.4) is 0 Å². The van der Waals surface area contributed by atoms with Gasteiger partial charge in [-0.15, -0.1) is 11.3 Å². The third kappa shape index (κ3) is 4.77. The molecule has 0 spiro atoms. The maximum Gasteiger partial charge on any atom is 0.164 e. The fraction of sp³-hybridized carbons (Fsp3) is 0. The van der Waals surface area contributed by atoms with E-state index in [1.807, 2.05) is 18.2 Å². The van der Waals surface area contributed by atoms with E-state index in [9.17, 15) is 0 Å². The Hall–Kier alpha value is -6.75. The maximum atomic E-state index is 5.30. The van der Waals surface area contributed by atoms with E-state index in [0.29, 0.717) is 17.5 Å². The highest BCUT2D eigenvalue weighted by Gasteiger charge is 2.20. The van der Waals surface area contributed by atoms with Crippen molar-refractivity contribution in [1.29, 1.82) is 0 Å². The number of rotatable bonds is 4. The molecule has 246 valence electrons. The van der Waals surface area contributed by atoms with Crippen molar-refractivity contribution in [2.75, 3.05) is 0 Å². The lowest BCUT2D eigenvalue weighted by Gasteiger charge is -2.17. The minimum Gasteiger partial charge on any atom is -0.208 e. The van der Waals surface area contributed by atoms with Crippen LogP contribution in [0.2, 0.25) is 0 Å². The van der Waals surface area contributed by atoms with E-state index in [4.69, 9.17) is 15.0 Å². The molecule has 0 aliphatic carbocycles. The fourth-order valence-corrected chi connectivity index (χ4v) is 9.25. The summed E-state index contributed by atoms with van der Waals surface area (Å²) in [7, 11) is 0. The maximum absolute atomic E-state index is 5.30. The van der Waals surface area contributed by atoms with E-state index < -0.39 is 0 Å². The SMILES string of the molecule is c1ccc(-c2nc(-c3ccc(-c4c5ccccc5cc5c4ccc4ccccc45)c4ccccc34)nc(-c3cccc4sc5ccccc5c34)n2)cc1. The first-order chi connectivity index (χ1) is 26.3. The molecule has 2 heterocycles. The Morgan fingerprint density at radius 3 is 1.75 bits per heavy atom. The molecular weight excluding hydrogens is 663 g/mol. The molecule has 4 heteroatoms. The highest BCUT2D eigenvalue weighted by atomic mass is 32.1. The van der Waals surface area contributed by atoms with Gasteiger partial charge in [0.1, 0.15) is 0 Å². The molecule has 0 fully saturated rings. The second-order valence-corrected chi connectivity index (χ2v) is 14.6. The second kappa shape index (κ2) is 11.9. The zero-order valence-corrected chi connectivity index (χ0v) is 29.3. The van der Waals surface area contributed by atoms with Crippen molar-refractivity contribution < 1.29 is 0 Å². The molecule has 0 unspecified atom stereocenters. The van der Waals surface area contributed by atoms with Gasteiger partial charge in [-0.3, -0.25) is 0 Å². The Kier molecular flexibility index (Phi) is 6.73. The van der Waals surface area contributed by atoms with Crippen LogP contribution in [0.15, 0.2) is 176 Å². The molecule has 0 bridgehead atoms. The number of thiophene rings is 1. The molecule has 11 aromatic rings. The predicted molar refractivity (Wildman–Crippen MR) is 224 cm³/mol. The van der Waals surface area contributed by atoms with Gasteiger partial charge in [-0.05, 0) is 78.5 Å². The lowest BCUT2D eigenvalue weighted by atomic mass is 9.87. The lowest BCUT2D eigenvalue weighted by molar-refractivity contribution is 1.08. The minimum absolute atomic E-state index is 0.655. The van der Waals surface area contributed by atoms with E-state index in [2.05, 4.69) is 158 Å². The average Bonchev–Trinajstić information content (AvgIpc) is 3.62. The van der Waals surface area contributed by atoms with Crippen LogP contribution in [0.1, 0.15) is 0 Å². The highest BCUT2D eigenvalue weighted by Crippen LogP contribution is 2.44. The Bertz CT molecular complexity index is 3240. The van der Waals surface area contributed by atoms with Crippen LogP contribution < -0.4 is 0 Å². The summed E-state index contributed by atoms with van der Waals surface area (Å²) in [6.07, 6.45) is 0. The van der Waals surface area contributed by atoms with Gasteiger partial charge in [0.25, 0.3) is 0 Å². The van der Waals surface area contributed by atoms with Gasteiger partial charge in [0, 0.05) is 36.9 Å². The van der Waals surface area contributed by atoms with Gasteiger partial charge in [0.05, 0.1) is 0 Å². The van der Waals surface area contributed by atoms with E-state index in [0.717, 1.165) is 27.5 Å². The molecule has 0 amide bonds. The van der Waals surface area contributed by atoms with E-state index in [1.54, 1.807) is 11.3 Å². The van der Waals surface area contributed by atoms with Crippen LogP contribution in [0.5, 0.6) is 0 Å². The molecule has 0 radical (unpaired) electrons. The zero-order chi connectivity index (χ0) is 34.9. The largest absolute Gasteiger partial charge is 0.208 e. The molecule has 53 heavy (non-hydrogen) atoms. The molecule has 9 aromatic carbocycles. The third-order valence-electron chi connectivity index (χ3n) is 10.5. The highest BCUT2D eigenvalue weighted by molar-refractivity contribution is 7.25. The van der Waals surface area contributed by atoms with Gasteiger partial charge in [-0.2, -0.15) is 0 Å². The van der Waals surface area contributed by atoms with Crippen molar-refractivity contribution in [1.82, 2.24) is 15.0 Å². The fourth-order valence-electron chi connectivity index (χ4n) is 8.12. The number of aromatic nitrogens is 3. The van der Waals surface area contributed by atoms with Crippen molar-refractivity contribution in [2.45, 2.75) is 0 Å². The van der Waals surface area contributed by atoms with E-state index >= 15 is 0 Å². The van der Waals surface area contributed by atoms with Gasteiger partial charge in [-0.1, -0.05) is 152 Å². The molecule has 0 saturated carbocycles. The van der Waals surface area contributed by atoms with Crippen LogP contribution in [0.25, 0.3) is 109 Å². The van der Waals surface area contributed by atoms with Crippen molar-refractivity contribution in [2.24, 2.45) is 0 Å². The molecule has 0 aliphatic heterocycles. The summed E-state index contributed by atoms with van der Waals surface area (Å²) in [5, 5.41) is 12.1. The summed E-state index contributed by atoms with van der Waals surface area (Å²) < 4.78 is 2.47. The zero-order valence-electron chi connectivity index (χ0n) is 28.5. The van der Waals surface area contributed by atoms with Gasteiger partial charge in [0.2, 0.25) is 0 Å². The molecule has 11 rings (SSSR count). The molecular formula is C49H29N3S. The number of hydrogen-bond acceptors (Lipinski definition) is 4. The van der Waals surface area contributed by atoms with Gasteiger partial charge in [-0.25, -0.2) is 15.0 Å². The van der Waals surface area contributed by atoms with Crippen molar-refractivity contribution in [3.63, 3.8) is 0 Å². The summed E-state index contributed by atoms with van der Waals surface area (Å²) in [4.78, 5) is 15.7. The lowest BCUT2D eigenvalue weighted by Crippen LogP contribution is -2.01. The number of benzene rings is 9. The Morgan fingerprint density at radius 2 is 0.925 bits per heavy atom. The van der Waals surface area contributed by atoms with Crippen LogP contribution in [0.4, 0.5) is 0 Å².